The van der Waals surface area contributed by atoms with Gasteiger partial charge >= 0.3 is 0 Å². The average Bonchev–Trinajstić information content (AvgIpc) is 3.06. The molecule has 1 saturated carbocycles. The quantitative estimate of drug-likeness (QED) is 0.908. The summed E-state index contributed by atoms with van der Waals surface area (Å²) in [5.74, 6) is 2.29. The minimum Gasteiger partial charge on any atom is -0.454 e. The number of hydrogen-bond donors (Lipinski definition) is 1. The van der Waals surface area contributed by atoms with E-state index in [0.717, 1.165) is 47.8 Å². The molecule has 0 unspecified atom stereocenters. The average molecular weight is 267 g/mol. The van der Waals surface area contributed by atoms with Crippen molar-refractivity contribution in [1.29, 1.82) is 5.26 Å². The van der Waals surface area contributed by atoms with Crippen LogP contribution < -0.4 is 9.47 Å². The molecule has 2 aliphatic rings. The van der Waals surface area contributed by atoms with E-state index in [1.807, 2.05) is 18.2 Å². The highest BCUT2D eigenvalue weighted by Crippen LogP contribution is 2.42. The molecule has 1 aliphatic heterocycles. The Hall–Kier alpha value is -2.48. The van der Waals surface area contributed by atoms with Crippen LogP contribution in [0.25, 0.3) is 11.3 Å². The molecular formula is C15H13N3O2. The zero-order valence-corrected chi connectivity index (χ0v) is 10.8. The van der Waals surface area contributed by atoms with Crippen LogP contribution in [0.4, 0.5) is 0 Å². The van der Waals surface area contributed by atoms with E-state index in [4.69, 9.17) is 9.47 Å². The summed E-state index contributed by atoms with van der Waals surface area (Å²) in [4.78, 5) is 7.69. The predicted molar refractivity (Wildman–Crippen MR) is 71.3 cm³/mol. The Balaban J connectivity index is 1.70. The number of aromatic amines is 1. The van der Waals surface area contributed by atoms with Crippen LogP contribution in [0, 0.1) is 11.3 Å². The Morgan fingerprint density at radius 3 is 2.85 bits per heavy atom. The fraction of sp³-hybridized carbons (Fsp3) is 0.333. The van der Waals surface area contributed by atoms with Crippen LogP contribution in [0.15, 0.2) is 24.4 Å². The van der Waals surface area contributed by atoms with E-state index in [-0.39, 0.29) is 6.79 Å². The predicted octanol–water partition coefficient (Wildman–Crippen LogP) is 2.75. The van der Waals surface area contributed by atoms with Crippen LogP contribution in [0.1, 0.15) is 25.1 Å². The van der Waals surface area contributed by atoms with Crippen molar-refractivity contribution in [1.82, 2.24) is 9.97 Å². The fourth-order valence-corrected chi connectivity index (χ4v) is 2.71. The summed E-state index contributed by atoms with van der Waals surface area (Å²) >= 11 is 0. The Labute approximate surface area is 116 Å². The third-order valence-corrected chi connectivity index (χ3v) is 4.13. The fourth-order valence-electron chi connectivity index (χ4n) is 2.71. The lowest BCUT2D eigenvalue weighted by Crippen LogP contribution is -2.33. The molecular weight excluding hydrogens is 254 g/mol. The molecule has 5 heteroatoms. The summed E-state index contributed by atoms with van der Waals surface area (Å²) in [5.41, 5.74) is 1.48. The number of hydrogen-bond acceptors (Lipinski definition) is 4. The number of rotatable bonds is 2. The molecule has 0 saturated heterocycles. The number of nitrogens with one attached hydrogen (secondary N) is 1. The van der Waals surface area contributed by atoms with Gasteiger partial charge in [0.15, 0.2) is 11.5 Å². The number of ether oxygens (including phenoxy) is 2. The molecule has 0 atom stereocenters. The van der Waals surface area contributed by atoms with E-state index in [2.05, 4.69) is 16.0 Å². The molecule has 5 nitrogen and oxygen atoms in total. The van der Waals surface area contributed by atoms with Gasteiger partial charge in [-0.25, -0.2) is 4.98 Å². The lowest BCUT2D eigenvalue weighted by Gasteiger charge is -2.32. The summed E-state index contributed by atoms with van der Waals surface area (Å²) in [6, 6.07) is 8.18. The Bertz CT molecular complexity index is 710. The molecule has 1 aromatic carbocycles. The Kier molecular flexibility index (Phi) is 2.27. The van der Waals surface area contributed by atoms with Gasteiger partial charge in [-0.05, 0) is 37.5 Å². The second kappa shape index (κ2) is 4.01. The second-order valence-corrected chi connectivity index (χ2v) is 5.26. The first-order chi connectivity index (χ1) is 9.81. The minimum absolute atomic E-state index is 0.268. The van der Waals surface area contributed by atoms with E-state index < -0.39 is 5.41 Å². The van der Waals surface area contributed by atoms with E-state index in [0.29, 0.717) is 0 Å². The monoisotopic (exact) mass is 267 g/mol. The van der Waals surface area contributed by atoms with Gasteiger partial charge < -0.3 is 14.5 Å². The van der Waals surface area contributed by atoms with E-state index in [9.17, 15) is 5.26 Å². The van der Waals surface area contributed by atoms with Crippen molar-refractivity contribution in [3.05, 3.63) is 30.2 Å². The van der Waals surface area contributed by atoms with Crippen molar-refractivity contribution in [2.24, 2.45) is 0 Å². The molecule has 2 heterocycles. The van der Waals surface area contributed by atoms with E-state index >= 15 is 0 Å². The number of H-pyrrole nitrogens is 1. The van der Waals surface area contributed by atoms with Gasteiger partial charge in [-0.2, -0.15) is 5.26 Å². The molecule has 4 rings (SSSR count). The summed E-state index contributed by atoms with van der Waals surface area (Å²) in [7, 11) is 0. The molecule has 0 spiro atoms. The van der Waals surface area contributed by atoms with Crippen LogP contribution in [0.3, 0.4) is 0 Å². The van der Waals surface area contributed by atoms with Gasteiger partial charge in [-0.3, -0.25) is 0 Å². The van der Waals surface area contributed by atoms with Crippen molar-refractivity contribution < 1.29 is 9.47 Å². The SMILES string of the molecule is N#CC1(c2ncc(-c3ccc4c(c3)OCO4)[nH]2)CCC1. The number of benzene rings is 1. The van der Waals surface area contributed by atoms with Crippen LogP contribution >= 0.6 is 0 Å². The van der Waals surface area contributed by atoms with Gasteiger partial charge in [0, 0.05) is 5.56 Å². The topological polar surface area (TPSA) is 70.9 Å². The summed E-state index contributed by atoms with van der Waals surface area (Å²) in [6.07, 6.45) is 4.65. The summed E-state index contributed by atoms with van der Waals surface area (Å²) < 4.78 is 10.7. The summed E-state index contributed by atoms with van der Waals surface area (Å²) in [6.45, 7) is 0.268. The van der Waals surface area contributed by atoms with Gasteiger partial charge in [0.05, 0.1) is 18.0 Å². The molecule has 100 valence electrons. The second-order valence-electron chi connectivity index (χ2n) is 5.26. The third-order valence-electron chi connectivity index (χ3n) is 4.13. The Morgan fingerprint density at radius 1 is 1.25 bits per heavy atom. The van der Waals surface area contributed by atoms with Crippen molar-refractivity contribution >= 4 is 0 Å². The number of imidazole rings is 1. The van der Waals surface area contributed by atoms with E-state index in [1.165, 1.54) is 0 Å². The van der Waals surface area contributed by atoms with Crippen LogP contribution in [-0.4, -0.2) is 16.8 Å². The van der Waals surface area contributed by atoms with Crippen LogP contribution in [0.5, 0.6) is 11.5 Å². The maximum Gasteiger partial charge on any atom is 0.231 e. The number of fused-ring (bicyclic) bond motifs is 1. The molecule has 2 aromatic rings. The molecule has 0 bridgehead atoms. The number of aromatic nitrogens is 2. The molecule has 20 heavy (non-hydrogen) atoms. The van der Waals surface area contributed by atoms with Crippen molar-refractivity contribution in [3.63, 3.8) is 0 Å². The zero-order chi connectivity index (χ0) is 13.6. The Morgan fingerprint density at radius 2 is 2.10 bits per heavy atom. The summed E-state index contributed by atoms with van der Waals surface area (Å²) in [5, 5.41) is 9.35. The van der Waals surface area contributed by atoms with E-state index in [1.54, 1.807) is 6.20 Å². The highest BCUT2D eigenvalue weighted by molar-refractivity contribution is 5.64. The molecule has 0 radical (unpaired) electrons. The lowest BCUT2D eigenvalue weighted by molar-refractivity contribution is 0.174. The first-order valence-electron chi connectivity index (χ1n) is 6.67. The highest BCUT2D eigenvalue weighted by atomic mass is 16.7. The third kappa shape index (κ3) is 1.51. The van der Waals surface area contributed by atoms with Crippen molar-refractivity contribution in [2.45, 2.75) is 24.7 Å². The smallest absolute Gasteiger partial charge is 0.231 e. The normalized spacial score (nSPS) is 18.4. The van der Waals surface area contributed by atoms with Gasteiger partial charge in [-0.1, -0.05) is 0 Å². The zero-order valence-electron chi connectivity index (χ0n) is 10.8. The molecule has 1 fully saturated rings. The van der Waals surface area contributed by atoms with Gasteiger partial charge in [0.2, 0.25) is 6.79 Å². The maximum atomic E-state index is 9.35. The van der Waals surface area contributed by atoms with Gasteiger partial charge in [-0.15, -0.1) is 0 Å². The lowest BCUT2D eigenvalue weighted by atomic mass is 9.69. The molecule has 0 amide bonds. The van der Waals surface area contributed by atoms with Crippen molar-refractivity contribution in [2.75, 3.05) is 6.79 Å². The minimum atomic E-state index is -0.408. The van der Waals surface area contributed by atoms with Crippen molar-refractivity contribution in [3.8, 4) is 28.8 Å². The molecule has 1 aliphatic carbocycles. The molecule has 1 aromatic heterocycles. The first-order valence-corrected chi connectivity index (χ1v) is 6.67. The maximum absolute atomic E-state index is 9.35. The van der Waals surface area contributed by atoms with Crippen LogP contribution in [-0.2, 0) is 5.41 Å². The van der Waals surface area contributed by atoms with Crippen LogP contribution in [0.2, 0.25) is 0 Å². The largest absolute Gasteiger partial charge is 0.454 e. The van der Waals surface area contributed by atoms with Gasteiger partial charge in [0.1, 0.15) is 11.2 Å². The van der Waals surface area contributed by atoms with Gasteiger partial charge in [0.25, 0.3) is 0 Å². The first kappa shape index (κ1) is 11.4. The highest BCUT2D eigenvalue weighted by Gasteiger charge is 2.41. The molecule has 1 N–H and O–H groups in total. The number of nitriles is 1. The number of nitrogens with zero attached hydrogens (tertiary/aromatic N) is 2. The standard InChI is InChI=1S/C15H13N3O2/c16-8-15(4-1-5-15)14-17-7-11(18-14)10-2-3-12-13(6-10)20-9-19-12/h2-3,6-7H,1,4-5,9H2,(H,17,18).